The SMILES string of the molecule is Cc1cccn2nc(C3c4nc[nH]c4CCN3C(=O)c3cnc(C(C)(C)F)o3)cc12. The first-order valence-electron chi connectivity index (χ1n) is 9.76. The number of oxazole rings is 1. The Morgan fingerprint density at radius 1 is 1.37 bits per heavy atom. The van der Waals surface area contributed by atoms with Gasteiger partial charge in [-0.15, -0.1) is 0 Å². The summed E-state index contributed by atoms with van der Waals surface area (Å²) in [4.78, 5) is 26.6. The van der Waals surface area contributed by atoms with Crippen molar-refractivity contribution in [1.29, 1.82) is 0 Å². The topological polar surface area (TPSA) is 92.3 Å². The zero-order chi connectivity index (χ0) is 21.0. The second-order valence-electron chi connectivity index (χ2n) is 8.01. The zero-order valence-corrected chi connectivity index (χ0v) is 16.9. The Kier molecular flexibility index (Phi) is 4.02. The largest absolute Gasteiger partial charge is 0.432 e. The fourth-order valence-electron chi connectivity index (χ4n) is 3.89. The van der Waals surface area contributed by atoms with Crippen LogP contribution >= 0.6 is 0 Å². The number of hydrogen-bond donors (Lipinski definition) is 1. The van der Waals surface area contributed by atoms with Crippen LogP contribution in [-0.2, 0) is 12.1 Å². The van der Waals surface area contributed by atoms with Gasteiger partial charge in [0.15, 0.2) is 5.67 Å². The molecule has 1 aliphatic rings. The first-order valence-corrected chi connectivity index (χ1v) is 9.76. The van der Waals surface area contributed by atoms with Crippen LogP contribution in [-0.4, -0.2) is 41.9 Å². The van der Waals surface area contributed by atoms with E-state index in [-0.39, 0.29) is 17.6 Å². The van der Waals surface area contributed by atoms with Gasteiger partial charge >= 0.3 is 0 Å². The number of imidazole rings is 1. The van der Waals surface area contributed by atoms with Crippen LogP contribution in [0.5, 0.6) is 0 Å². The maximum absolute atomic E-state index is 14.2. The van der Waals surface area contributed by atoms with Crippen LogP contribution in [0, 0.1) is 6.92 Å². The molecule has 0 fully saturated rings. The molecule has 9 heteroatoms. The van der Waals surface area contributed by atoms with E-state index >= 15 is 0 Å². The van der Waals surface area contributed by atoms with E-state index in [2.05, 4.69) is 15.0 Å². The number of H-pyrrole nitrogens is 1. The minimum absolute atomic E-state index is 0.000319. The minimum Gasteiger partial charge on any atom is -0.432 e. The molecule has 8 nitrogen and oxygen atoms in total. The van der Waals surface area contributed by atoms with E-state index < -0.39 is 11.7 Å². The molecule has 4 aromatic heterocycles. The molecule has 5 heterocycles. The number of rotatable bonds is 3. The van der Waals surface area contributed by atoms with Crippen molar-refractivity contribution in [2.24, 2.45) is 0 Å². The lowest BCUT2D eigenvalue weighted by Gasteiger charge is -2.33. The van der Waals surface area contributed by atoms with Gasteiger partial charge in [0.2, 0.25) is 11.7 Å². The van der Waals surface area contributed by atoms with Crippen LogP contribution in [0.2, 0.25) is 0 Å². The van der Waals surface area contributed by atoms with Crippen LogP contribution in [0.1, 0.15) is 59.0 Å². The Balaban J connectivity index is 1.59. The van der Waals surface area contributed by atoms with E-state index in [1.165, 1.54) is 20.0 Å². The van der Waals surface area contributed by atoms with Gasteiger partial charge < -0.3 is 14.3 Å². The molecule has 0 radical (unpaired) electrons. The molecule has 154 valence electrons. The fourth-order valence-corrected chi connectivity index (χ4v) is 3.89. The summed E-state index contributed by atoms with van der Waals surface area (Å²) in [5.74, 6) is -0.492. The van der Waals surface area contributed by atoms with Crippen LogP contribution in [0.15, 0.2) is 41.3 Å². The normalized spacial score (nSPS) is 16.8. The predicted molar refractivity (Wildman–Crippen MR) is 106 cm³/mol. The first-order chi connectivity index (χ1) is 14.3. The molecule has 0 aromatic carbocycles. The highest BCUT2D eigenvalue weighted by Gasteiger charge is 2.38. The van der Waals surface area contributed by atoms with Crippen molar-refractivity contribution in [2.75, 3.05) is 6.54 Å². The number of nitrogens with zero attached hydrogens (tertiary/aromatic N) is 5. The average Bonchev–Trinajstić information content (AvgIpc) is 3.44. The highest BCUT2D eigenvalue weighted by atomic mass is 19.1. The lowest BCUT2D eigenvalue weighted by Crippen LogP contribution is -2.40. The van der Waals surface area contributed by atoms with Crippen molar-refractivity contribution >= 4 is 11.4 Å². The van der Waals surface area contributed by atoms with E-state index in [0.717, 1.165) is 22.5 Å². The number of nitrogens with one attached hydrogen (secondary N) is 1. The maximum Gasteiger partial charge on any atom is 0.292 e. The van der Waals surface area contributed by atoms with Crippen molar-refractivity contribution in [3.05, 3.63) is 71.2 Å². The monoisotopic (exact) mass is 408 g/mol. The fraction of sp³-hybridized carbons (Fsp3) is 0.333. The summed E-state index contributed by atoms with van der Waals surface area (Å²) in [5.41, 5.74) is 2.70. The van der Waals surface area contributed by atoms with E-state index in [1.807, 2.05) is 31.3 Å². The lowest BCUT2D eigenvalue weighted by molar-refractivity contribution is 0.0643. The molecule has 0 bridgehead atoms. The van der Waals surface area contributed by atoms with Gasteiger partial charge in [-0.1, -0.05) is 6.07 Å². The minimum atomic E-state index is -1.77. The molecule has 1 N–H and O–H groups in total. The smallest absolute Gasteiger partial charge is 0.292 e. The number of carbonyl (C=O) groups excluding carboxylic acids is 1. The Morgan fingerprint density at radius 2 is 2.20 bits per heavy atom. The molecular formula is C21H21FN6O2. The number of fused-ring (bicyclic) bond motifs is 2. The molecule has 1 atom stereocenters. The molecule has 0 saturated heterocycles. The van der Waals surface area contributed by atoms with E-state index in [9.17, 15) is 9.18 Å². The third-order valence-corrected chi connectivity index (χ3v) is 5.42. The van der Waals surface area contributed by atoms with E-state index in [1.54, 1.807) is 15.7 Å². The number of carbonyl (C=O) groups is 1. The van der Waals surface area contributed by atoms with Gasteiger partial charge in [-0.25, -0.2) is 18.9 Å². The first kappa shape index (κ1) is 18.5. The highest BCUT2D eigenvalue weighted by molar-refractivity contribution is 5.92. The molecule has 0 spiro atoms. The second-order valence-corrected chi connectivity index (χ2v) is 8.01. The number of aromatic amines is 1. The number of aromatic nitrogens is 5. The maximum atomic E-state index is 14.2. The molecule has 5 rings (SSSR count). The van der Waals surface area contributed by atoms with Crippen LogP contribution in [0.3, 0.4) is 0 Å². The third kappa shape index (κ3) is 2.89. The van der Waals surface area contributed by atoms with Gasteiger partial charge in [0.25, 0.3) is 5.91 Å². The second kappa shape index (κ2) is 6.51. The summed E-state index contributed by atoms with van der Waals surface area (Å²) in [6.45, 7) is 5.14. The Bertz CT molecular complexity index is 1250. The number of amides is 1. The van der Waals surface area contributed by atoms with Crippen molar-refractivity contribution in [3.63, 3.8) is 0 Å². The van der Waals surface area contributed by atoms with Gasteiger partial charge in [0.1, 0.15) is 6.04 Å². The highest BCUT2D eigenvalue weighted by Crippen LogP contribution is 2.35. The third-order valence-electron chi connectivity index (χ3n) is 5.42. The zero-order valence-electron chi connectivity index (χ0n) is 16.9. The molecule has 30 heavy (non-hydrogen) atoms. The number of aryl methyl sites for hydroxylation is 1. The van der Waals surface area contributed by atoms with Gasteiger partial charge in [-0.2, -0.15) is 5.10 Å². The summed E-state index contributed by atoms with van der Waals surface area (Å²) in [6, 6.07) is 5.43. The number of halogens is 1. The standard InChI is InChI=1S/C21H21FN6O2/c1-12-5-4-7-28-15(12)9-14(26-28)18-17-13(24-11-25-17)6-8-27(18)19(29)16-10-23-20(30-16)21(2,3)22/h4-5,7,9-11,18H,6,8H2,1-3H3,(H,24,25). The Hall–Kier alpha value is -3.49. The van der Waals surface area contributed by atoms with E-state index in [4.69, 9.17) is 9.52 Å². The number of hydrogen-bond acceptors (Lipinski definition) is 5. The molecular weight excluding hydrogens is 387 g/mol. The van der Waals surface area contributed by atoms with Crippen molar-refractivity contribution < 1.29 is 13.6 Å². The summed E-state index contributed by atoms with van der Waals surface area (Å²) in [5, 5.41) is 4.71. The van der Waals surface area contributed by atoms with Crippen LogP contribution in [0.4, 0.5) is 4.39 Å². The molecule has 4 aromatic rings. The summed E-state index contributed by atoms with van der Waals surface area (Å²) < 4.78 is 21.4. The lowest BCUT2D eigenvalue weighted by atomic mass is 9.99. The van der Waals surface area contributed by atoms with Gasteiger partial charge in [0.05, 0.1) is 29.4 Å². The molecule has 1 unspecified atom stereocenters. The molecule has 0 aliphatic carbocycles. The Labute approximate surface area is 171 Å². The van der Waals surface area contributed by atoms with Crippen molar-refractivity contribution in [1.82, 2.24) is 29.5 Å². The van der Waals surface area contributed by atoms with E-state index in [0.29, 0.717) is 18.7 Å². The average molecular weight is 408 g/mol. The van der Waals surface area contributed by atoms with Gasteiger partial charge in [-0.05, 0) is 38.5 Å². The number of pyridine rings is 1. The van der Waals surface area contributed by atoms with Gasteiger partial charge in [-0.3, -0.25) is 4.79 Å². The quantitative estimate of drug-likeness (QED) is 0.561. The summed E-state index contributed by atoms with van der Waals surface area (Å²) >= 11 is 0. The predicted octanol–water partition coefficient (Wildman–Crippen LogP) is 3.35. The van der Waals surface area contributed by atoms with Crippen molar-refractivity contribution in [2.45, 2.75) is 38.9 Å². The molecule has 1 aliphatic heterocycles. The molecule has 1 amide bonds. The van der Waals surface area contributed by atoms with Crippen LogP contribution in [0.25, 0.3) is 5.52 Å². The van der Waals surface area contributed by atoms with Gasteiger partial charge in [0, 0.05) is 24.9 Å². The van der Waals surface area contributed by atoms with Crippen molar-refractivity contribution in [3.8, 4) is 0 Å². The summed E-state index contributed by atoms with van der Waals surface area (Å²) in [7, 11) is 0. The molecule has 0 saturated carbocycles. The number of alkyl halides is 1. The van der Waals surface area contributed by atoms with Crippen LogP contribution < -0.4 is 0 Å². The Morgan fingerprint density at radius 3 is 2.93 bits per heavy atom. The summed E-state index contributed by atoms with van der Waals surface area (Å²) in [6.07, 6.45) is 5.41.